The van der Waals surface area contributed by atoms with Crippen molar-refractivity contribution in [2.75, 3.05) is 11.9 Å². The van der Waals surface area contributed by atoms with Gasteiger partial charge in [0, 0.05) is 6.54 Å². The van der Waals surface area contributed by atoms with Crippen molar-refractivity contribution in [2.24, 2.45) is 5.92 Å². The van der Waals surface area contributed by atoms with Gasteiger partial charge in [-0.25, -0.2) is 4.68 Å². The molecule has 1 aromatic heterocycles. The molecule has 0 atom stereocenters. The van der Waals surface area contributed by atoms with E-state index in [1.54, 1.807) is 0 Å². The SMILES string of the molecule is CC(C)CCCNc1cnn(CC(F)(F)F)c(=O)c1Br. The highest BCUT2D eigenvalue weighted by atomic mass is 79.9. The summed E-state index contributed by atoms with van der Waals surface area (Å²) in [6.07, 6.45) is -1.30. The van der Waals surface area contributed by atoms with Gasteiger partial charge in [0.1, 0.15) is 11.0 Å². The fraction of sp³-hybridized carbons (Fsp3) is 0.667. The van der Waals surface area contributed by atoms with Crippen molar-refractivity contribution in [2.45, 2.75) is 39.4 Å². The third kappa shape index (κ3) is 5.52. The Bertz CT molecular complexity index is 500. The zero-order valence-electron chi connectivity index (χ0n) is 11.3. The van der Waals surface area contributed by atoms with Gasteiger partial charge < -0.3 is 5.32 Å². The lowest BCUT2D eigenvalue weighted by atomic mass is 10.1. The number of anilines is 1. The molecule has 0 aromatic carbocycles. The highest BCUT2D eigenvalue weighted by molar-refractivity contribution is 9.10. The molecule has 0 unspecified atom stereocenters. The molecule has 0 amide bonds. The average molecular weight is 356 g/mol. The Labute approximate surface area is 123 Å². The van der Waals surface area contributed by atoms with Gasteiger partial charge in [-0.3, -0.25) is 4.79 Å². The van der Waals surface area contributed by atoms with E-state index in [9.17, 15) is 18.0 Å². The molecule has 1 heterocycles. The van der Waals surface area contributed by atoms with Gasteiger partial charge in [0.25, 0.3) is 5.56 Å². The average Bonchev–Trinajstić information content (AvgIpc) is 2.31. The summed E-state index contributed by atoms with van der Waals surface area (Å²) in [5.74, 6) is 0.582. The third-order valence-electron chi connectivity index (χ3n) is 2.59. The summed E-state index contributed by atoms with van der Waals surface area (Å²) < 4.78 is 37.2. The molecule has 8 heteroatoms. The van der Waals surface area contributed by atoms with Crippen LogP contribution >= 0.6 is 15.9 Å². The number of halogens is 4. The fourth-order valence-corrected chi connectivity index (χ4v) is 2.05. The third-order valence-corrected chi connectivity index (χ3v) is 3.35. The van der Waals surface area contributed by atoms with Crippen LogP contribution < -0.4 is 10.9 Å². The number of alkyl halides is 3. The Morgan fingerprint density at radius 3 is 2.65 bits per heavy atom. The summed E-state index contributed by atoms with van der Waals surface area (Å²) in [7, 11) is 0. The van der Waals surface area contributed by atoms with Crippen LogP contribution in [-0.4, -0.2) is 22.5 Å². The van der Waals surface area contributed by atoms with Crippen LogP contribution in [0, 0.1) is 5.92 Å². The second-order valence-electron chi connectivity index (χ2n) is 4.91. The Balaban J connectivity index is 2.72. The minimum atomic E-state index is -4.47. The predicted octanol–water partition coefficient (Wildman–Crippen LogP) is 3.42. The molecule has 114 valence electrons. The molecule has 0 saturated carbocycles. The Kier molecular flexibility index (Phi) is 6.04. The van der Waals surface area contributed by atoms with Gasteiger partial charge in [-0.1, -0.05) is 13.8 Å². The molecule has 1 aromatic rings. The van der Waals surface area contributed by atoms with Gasteiger partial charge in [-0.05, 0) is 34.7 Å². The highest BCUT2D eigenvalue weighted by Gasteiger charge is 2.29. The number of hydrogen-bond acceptors (Lipinski definition) is 3. The van der Waals surface area contributed by atoms with E-state index in [0.29, 0.717) is 22.8 Å². The first kappa shape index (κ1) is 17.0. The summed E-state index contributed by atoms with van der Waals surface area (Å²) >= 11 is 3.02. The van der Waals surface area contributed by atoms with Crippen molar-refractivity contribution in [3.63, 3.8) is 0 Å². The van der Waals surface area contributed by atoms with E-state index in [0.717, 1.165) is 12.8 Å². The predicted molar refractivity (Wildman–Crippen MR) is 74.8 cm³/mol. The summed E-state index contributed by atoms with van der Waals surface area (Å²) in [5.41, 5.74) is -0.381. The minimum Gasteiger partial charge on any atom is -0.383 e. The van der Waals surface area contributed by atoms with E-state index in [-0.39, 0.29) is 4.47 Å². The van der Waals surface area contributed by atoms with Gasteiger partial charge in [0.05, 0.1) is 11.9 Å². The Morgan fingerprint density at radius 1 is 1.45 bits per heavy atom. The van der Waals surface area contributed by atoms with Gasteiger partial charge >= 0.3 is 6.18 Å². The number of nitrogens with one attached hydrogen (secondary N) is 1. The van der Waals surface area contributed by atoms with Gasteiger partial charge in [-0.2, -0.15) is 18.3 Å². The van der Waals surface area contributed by atoms with Crippen LogP contribution in [0.3, 0.4) is 0 Å². The van der Waals surface area contributed by atoms with Gasteiger partial charge in [0.15, 0.2) is 0 Å². The van der Waals surface area contributed by atoms with Crippen LogP contribution in [0.25, 0.3) is 0 Å². The molecule has 0 aliphatic carbocycles. The van der Waals surface area contributed by atoms with Crippen LogP contribution in [-0.2, 0) is 6.54 Å². The number of aromatic nitrogens is 2. The molecule has 1 N–H and O–H groups in total. The first-order valence-electron chi connectivity index (χ1n) is 6.27. The summed E-state index contributed by atoms with van der Waals surface area (Å²) in [5, 5.41) is 6.53. The van der Waals surface area contributed by atoms with Gasteiger partial charge in [0.2, 0.25) is 0 Å². The quantitative estimate of drug-likeness (QED) is 0.795. The second kappa shape index (κ2) is 7.10. The molecular weight excluding hydrogens is 339 g/mol. The van der Waals surface area contributed by atoms with Gasteiger partial charge in [-0.15, -0.1) is 0 Å². The van der Waals surface area contributed by atoms with Crippen LogP contribution in [0.15, 0.2) is 15.5 Å². The number of rotatable bonds is 6. The van der Waals surface area contributed by atoms with E-state index < -0.39 is 18.3 Å². The molecule has 20 heavy (non-hydrogen) atoms. The first-order valence-corrected chi connectivity index (χ1v) is 7.06. The maximum atomic E-state index is 12.2. The van der Waals surface area contributed by atoms with E-state index in [1.165, 1.54) is 6.20 Å². The van der Waals surface area contributed by atoms with Crippen LogP contribution in [0.1, 0.15) is 26.7 Å². The van der Waals surface area contributed by atoms with E-state index in [2.05, 4.69) is 40.2 Å². The molecule has 0 saturated heterocycles. The van der Waals surface area contributed by atoms with Crippen molar-refractivity contribution in [3.05, 3.63) is 21.0 Å². The molecule has 4 nitrogen and oxygen atoms in total. The van der Waals surface area contributed by atoms with E-state index >= 15 is 0 Å². The van der Waals surface area contributed by atoms with Crippen LogP contribution in [0.5, 0.6) is 0 Å². The topological polar surface area (TPSA) is 46.9 Å². The van der Waals surface area contributed by atoms with Crippen molar-refractivity contribution >= 4 is 21.6 Å². The molecule has 1 rings (SSSR count). The molecule has 0 bridgehead atoms. The highest BCUT2D eigenvalue weighted by Crippen LogP contribution is 2.19. The summed E-state index contributed by atoms with van der Waals surface area (Å²) in [6.45, 7) is 3.46. The fourth-order valence-electron chi connectivity index (χ4n) is 1.60. The Morgan fingerprint density at radius 2 is 2.10 bits per heavy atom. The standard InChI is InChI=1S/C12H17BrF3N3O/c1-8(2)4-3-5-17-9-6-18-19(7-12(14,15)16)11(20)10(9)13/h6,8,17H,3-5,7H2,1-2H3. The van der Waals surface area contributed by atoms with Crippen molar-refractivity contribution in [3.8, 4) is 0 Å². The zero-order chi connectivity index (χ0) is 15.3. The Hall–Kier alpha value is -1.05. The number of hydrogen-bond donors (Lipinski definition) is 1. The van der Waals surface area contributed by atoms with Crippen molar-refractivity contribution in [1.82, 2.24) is 9.78 Å². The summed E-state index contributed by atoms with van der Waals surface area (Å²) in [4.78, 5) is 11.7. The van der Waals surface area contributed by atoms with Crippen LogP contribution in [0.2, 0.25) is 0 Å². The molecule has 0 radical (unpaired) electrons. The second-order valence-corrected chi connectivity index (χ2v) is 5.71. The molecular formula is C12H17BrF3N3O. The zero-order valence-corrected chi connectivity index (χ0v) is 12.9. The van der Waals surface area contributed by atoms with E-state index in [1.807, 2.05) is 0 Å². The monoisotopic (exact) mass is 355 g/mol. The smallest absolute Gasteiger partial charge is 0.383 e. The largest absolute Gasteiger partial charge is 0.408 e. The maximum absolute atomic E-state index is 12.2. The number of nitrogens with zero attached hydrogens (tertiary/aromatic N) is 2. The normalized spacial score (nSPS) is 11.9. The lowest BCUT2D eigenvalue weighted by Crippen LogP contribution is -2.31. The lowest BCUT2D eigenvalue weighted by Gasteiger charge is -2.12. The van der Waals surface area contributed by atoms with E-state index in [4.69, 9.17) is 0 Å². The minimum absolute atomic E-state index is 0.0706. The van der Waals surface area contributed by atoms with Crippen LogP contribution in [0.4, 0.5) is 18.9 Å². The maximum Gasteiger partial charge on any atom is 0.408 e. The summed E-state index contributed by atoms with van der Waals surface area (Å²) in [6, 6.07) is 0. The molecule has 0 aliphatic rings. The molecule has 0 spiro atoms. The van der Waals surface area contributed by atoms with Crippen molar-refractivity contribution in [1.29, 1.82) is 0 Å². The van der Waals surface area contributed by atoms with Crippen molar-refractivity contribution < 1.29 is 13.2 Å². The molecule has 0 fully saturated rings. The first-order chi connectivity index (χ1) is 9.20. The lowest BCUT2D eigenvalue weighted by molar-refractivity contribution is -0.143. The molecule has 0 aliphatic heterocycles.